The molecule has 12 heteroatoms. The van der Waals surface area contributed by atoms with Crippen LogP contribution in [0.25, 0.3) is 0 Å². The smallest absolute Gasteiger partial charge is 0.232 e. The molecule has 0 aliphatic rings. The van der Waals surface area contributed by atoms with Gasteiger partial charge in [-0.1, -0.05) is 24.3 Å². The molecule has 4 aromatic rings. The van der Waals surface area contributed by atoms with Crippen molar-refractivity contribution in [3.05, 3.63) is 80.8 Å². The maximum absolute atomic E-state index is 5.79. The van der Waals surface area contributed by atoms with Gasteiger partial charge in [0.25, 0.3) is 0 Å². The predicted octanol–water partition coefficient (Wildman–Crippen LogP) is 5.75. The number of hydrogen-bond acceptors (Lipinski definition) is 8. The quantitative estimate of drug-likeness (QED) is 0.350. The molecule has 0 bridgehead atoms. The Balaban J connectivity index is 1.38. The number of hydrogen-bond donors (Lipinski definition) is 2. The molecule has 0 radical (unpaired) electrons. The minimum Gasteiger partial charge on any atom is -0.324 e. The van der Waals surface area contributed by atoms with Crippen LogP contribution in [0.15, 0.2) is 48.5 Å². The minimum atomic E-state index is 0.0266. The van der Waals surface area contributed by atoms with E-state index >= 15 is 0 Å². The van der Waals surface area contributed by atoms with E-state index in [0.717, 1.165) is 28.9 Å². The van der Waals surface area contributed by atoms with Crippen LogP contribution in [-0.2, 0) is 6.42 Å². The fourth-order valence-electron chi connectivity index (χ4n) is 2.67. The summed E-state index contributed by atoms with van der Waals surface area (Å²) in [6, 6.07) is 15.7. The molecular formula is C19H12Cl4N8. The van der Waals surface area contributed by atoms with E-state index in [1.54, 1.807) is 0 Å². The molecule has 8 nitrogen and oxygen atoms in total. The Hall–Kier alpha value is -2.78. The molecule has 0 amide bonds. The van der Waals surface area contributed by atoms with Gasteiger partial charge in [0, 0.05) is 11.4 Å². The molecular weight excluding hydrogens is 482 g/mol. The highest BCUT2D eigenvalue weighted by Crippen LogP contribution is 2.20. The number of halogens is 4. The van der Waals surface area contributed by atoms with E-state index < -0.39 is 0 Å². The van der Waals surface area contributed by atoms with Gasteiger partial charge in [-0.05, 0) is 88.2 Å². The lowest BCUT2D eigenvalue weighted by Crippen LogP contribution is -2.00. The van der Waals surface area contributed by atoms with Crippen LogP contribution in [0.5, 0.6) is 0 Å². The third-order valence-electron chi connectivity index (χ3n) is 3.99. The van der Waals surface area contributed by atoms with Crippen molar-refractivity contribution in [1.82, 2.24) is 29.9 Å². The molecule has 0 aliphatic carbocycles. The summed E-state index contributed by atoms with van der Waals surface area (Å²) < 4.78 is 0. The van der Waals surface area contributed by atoms with Crippen LogP contribution in [0.4, 0.5) is 23.3 Å². The summed E-state index contributed by atoms with van der Waals surface area (Å²) >= 11 is 23.2. The van der Waals surface area contributed by atoms with Gasteiger partial charge in [-0.25, -0.2) is 0 Å². The SMILES string of the molecule is Clc1nc(Cl)nc(Nc2ccc(Cc3ccc(Nc4nc(Cl)nc(Cl)n4)cc3)cc2)n1. The highest BCUT2D eigenvalue weighted by atomic mass is 35.5. The molecule has 0 saturated heterocycles. The van der Waals surface area contributed by atoms with Crippen LogP contribution in [0.3, 0.4) is 0 Å². The first kappa shape index (κ1) is 21.5. The zero-order chi connectivity index (χ0) is 21.8. The van der Waals surface area contributed by atoms with Gasteiger partial charge >= 0.3 is 0 Å². The van der Waals surface area contributed by atoms with Crippen molar-refractivity contribution in [2.45, 2.75) is 6.42 Å². The molecule has 156 valence electrons. The lowest BCUT2D eigenvalue weighted by molar-refractivity contribution is 1.05. The van der Waals surface area contributed by atoms with Crippen molar-refractivity contribution < 1.29 is 0 Å². The summed E-state index contributed by atoms with van der Waals surface area (Å²) in [4.78, 5) is 23.4. The maximum Gasteiger partial charge on any atom is 0.232 e. The van der Waals surface area contributed by atoms with Crippen molar-refractivity contribution in [1.29, 1.82) is 0 Å². The number of benzene rings is 2. The monoisotopic (exact) mass is 492 g/mol. The van der Waals surface area contributed by atoms with E-state index in [1.807, 2.05) is 48.5 Å². The first-order chi connectivity index (χ1) is 14.9. The summed E-state index contributed by atoms with van der Waals surface area (Å²) in [6.45, 7) is 0. The van der Waals surface area contributed by atoms with Gasteiger partial charge in [0.1, 0.15) is 0 Å². The lowest BCUT2D eigenvalue weighted by atomic mass is 10.0. The summed E-state index contributed by atoms with van der Waals surface area (Å²) in [7, 11) is 0. The van der Waals surface area contributed by atoms with Crippen LogP contribution >= 0.6 is 46.4 Å². The van der Waals surface area contributed by atoms with Crippen molar-refractivity contribution in [3.8, 4) is 0 Å². The van der Waals surface area contributed by atoms with E-state index in [1.165, 1.54) is 0 Å². The Bertz CT molecular complexity index is 1070. The van der Waals surface area contributed by atoms with Gasteiger partial charge in [0.2, 0.25) is 33.0 Å². The first-order valence-electron chi connectivity index (χ1n) is 8.79. The average Bonchev–Trinajstić information content (AvgIpc) is 2.69. The molecule has 0 fully saturated rings. The molecule has 2 aromatic heterocycles. The summed E-state index contributed by atoms with van der Waals surface area (Å²) in [6.07, 6.45) is 0.757. The predicted molar refractivity (Wildman–Crippen MR) is 122 cm³/mol. The number of nitrogens with zero attached hydrogens (tertiary/aromatic N) is 6. The molecule has 2 N–H and O–H groups in total. The number of anilines is 4. The molecule has 31 heavy (non-hydrogen) atoms. The first-order valence-corrected chi connectivity index (χ1v) is 10.3. The second kappa shape index (κ2) is 9.57. The van der Waals surface area contributed by atoms with E-state index in [0.29, 0.717) is 0 Å². The Morgan fingerprint density at radius 1 is 0.484 bits per heavy atom. The second-order valence-electron chi connectivity index (χ2n) is 6.21. The second-order valence-corrected chi connectivity index (χ2v) is 7.57. The summed E-state index contributed by atoms with van der Waals surface area (Å²) in [5.41, 5.74) is 3.87. The molecule has 2 heterocycles. The van der Waals surface area contributed by atoms with E-state index in [9.17, 15) is 0 Å². The Kier molecular flexibility index (Phi) is 6.62. The van der Waals surface area contributed by atoms with Gasteiger partial charge in [-0.2, -0.15) is 29.9 Å². The topological polar surface area (TPSA) is 101 Å². The Morgan fingerprint density at radius 2 is 0.806 bits per heavy atom. The van der Waals surface area contributed by atoms with Gasteiger partial charge in [-0.3, -0.25) is 0 Å². The zero-order valence-corrected chi connectivity index (χ0v) is 18.5. The number of nitrogens with one attached hydrogen (secondary N) is 2. The number of rotatable bonds is 6. The molecule has 0 spiro atoms. The van der Waals surface area contributed by atoms with E-state index in [-0.39, 0.29) is 33.0 Å². The summed E-state index contributed by atoms with van der Waals surface area (Å²) in [5.74, 6) is 0.559. The molecule has 0 saturated carbocycles. The highest BCUT2D eigenvalue weighted by molar-refractivity contribution is 6.31. The van der Waals surface area contributed by atoms with E-state index in [2.05, 4.69) is 40.5 Å². The Morgan fingerprint density at radius 3 is 1.13 bits per heavy atom. The molecule has 0 unspecified atom stereocenters. The van der Waals surface area contributed by atoms with Crippen LogP contribution in [0.1, 0.15) is 11.1 Å². The van der Waals surface area contributed by atoms with Gasteiger partial charge < -0.3 is 10.6 Å². The van der Waals surface area contributed by atoms with Crippen molar-refractivity contribution in [3.63, 3.8) is 0 Å². The van der Waals surface area contributed by atoms with Gasteiger partial charge in [0.05, 0.1) is 0 Å². The minimum absolute atomic E-state index is 0.0266. The highest BCUT2D eigenvalue weighted by Gasteiger charge is 2.06. The molecule has 0 atom stereocenters. The third-order valence-corrected chi connectivity index (χ3v) is 4.67. The fourth-order valence-corrected chi connectivity index (χ4v) is 3.40. The fraction of sp³-hybridized carbons (Fsp3) is 0.0526. The van der Waals surface area contributed by atoms with Crippen LogP contribution in [0.2, 0.25) is 21.1 Å². The maximum atomic E-state index is 5.79. The molecule has 4 rings (SSSR count). The van der Waals surface area contributed by atoms with Gasteiger partial charge in [-0.15, -0.1) is 0 Å². The molecule has 0 aliphatic heterocycles. The van der Waals surface area contributed by atoms with Crippen LogP contribution in [0, 0.1) is 0 Å². The molecule has 2 aromatic carbocycles. The van der Waals surface area contributed by atoms with Crippen molar-refractivity contribution in [2.24, 2.45) is 0 Å². The zero-order valence-electron chi connectivity index (χ0n) is 15.5. The largest absolute Gasteiger partial charge is 0.324 e. The van der Waals surface area contributed by atoms with Gasteiger partial charge in [0.15, 0.2) is 0 Å². The third kappa shape index (κ3) is 6.11. The normalized spacial score (nSPS) is 10.7. The standard InChI is InChI=1S/C19H12Cl4N8/c20-14-26-15(21)29-18(28-14)24-12-5-1-10(2-6-12)9-11-3-7-13(8-4-11)25-19-30-16(22)27-17(23)31-19/h1-8H,9H2,(H,24,26,28,29)(H,25,27,30,31). The summed E-state index contributed by atoms with van der Waals surface area (Å²) in [5, 5.41) is 6.19. The van der Waals surface area contributed by atoms with Crippen LogP contribution in [-0.4, -0.2) is 29.9 Å². The van der Waals surface area contributed by atoms with E-state index in [4.69, 9.17) is 46.4 Å². The van der Waals surface area contributed by atoms with Crippen molar-refractivity contribution >= 4 is 69.7 Å². The number of aromatic nitrogens is 6. The van der Waals surface area contributed by atoms with Crippen LogP contribution < -0.4 is 10.6 Å². The Labute approximate surface area is 197 Å². The van der Waals surface area contributed by atoms with Crippen molar-refractivity contribution in [2.75, 3.05) is 10.6 Å². The lowest BCUT2D eigenvalue weighted by Gasteiger charge is -2.08. The average molecular weight is 494 g/mol.